The number of carbonyl (C=O) groups excluding carboxylic acids is 3. The molecule has 7 nitrogen and oxygen atoms in total. The van der Waals surface area contributed by atoms with Gasteiger partial charge in [-0.2, -0.15) is 0 Å². The number of nitrogens with zero attached hydrogens (tertiary/aromatic N) is 1. The fourth-order valence-electron chi connectivity index (χ4n) is 2.43. The molecule has 1 heterocycles. The van der Waals surface area contributed by atoms with E-state index < -0.39 is 11.8 Å². The Kier molecular flexibility index (Phi) is 8.61. The van der Waals surface area contributed by atoms with Gasteiger partial charge in [-0.25, -0.2) is 0 Å². The molecular weight excluding hydrogens is 300 g/mol. The molecule has 23 heavy (non-hydrogen) atoms. The first-order chi connectivity index (χ1) is 11.0. The second-order valence-corrected chi connectivity index (χ2v) is 5.87. The molecule has 0 spiro atoms. The zero-order chi connectivity index (χ0) is 17.2. The van der Waals surface area contributed by atoms with Gasteiger partial charge in [0, 0.05) is 26.2 Å². The van der Waals surface area contributed by atoms with E-state index in [2.05, 4.69) is 5.32 Å². The fourth-order valence-corrected chi connectivity index (χ4v) is 2.43. The van der Waals surface area contributed by atoms with E-state index in [1.54, 1.807) is 6.92 Å². The maximum absolute atomic E-state index is 12.1. The monoisotopic (exact) mass is 328 g/mol. The van der Waals surface area contributed by atoms with Gasteiger partial charge in [-0.1, -0.05) is 0 Å². The van der Waals surface area contributed by atoms with E-state index in [0.29, 0.717) is 45.6 Å². The third-order valence-electron chi connectivity index (χ3n) is 3.58. The second kappa shape index (κ2) is 10.2. The minimum absolute atomic E-state index is 0.153. The van der Waals surface area contributed by atoms with Gasteiger partial charge in [0.05, 0.1) is 18.6 Å². The van der Waals surface area contributed by atoms with Crippen LogP contribution in [0.5, 0.6) is 0 Å². The van der Waals surface area contributed by atoms with E-state index in [1.165, 1.54) is 4.90 Å². The van der Waals surface area contributed by atoms with Gasteiger partial charge in [-0.15, -0.1) is 0 Å². The van der Waals surface area contributed by atoms with Crippen LogP contribution < -0.4 is 5.32 Å². The van der Waals surface area contributed by atoms with E-state index in [9.17, 15) is 14.4 Å². The Morgan fingerprint density at radius 1 is 1.30 bits per heavy atom. The highest BCUT2D eigenvalue weighted by Gasteiger charge is 2.31. The molecule has 1 N–H and O–H groups in total. The van der Waals surface area contributed by atoms with E-state index >= 15 is 0 Å². The number of hydrogen-bond acceptors (Lipinski definition) is 5. The van der Waals surface area contributed by atoms with Crippen molar-refractivity contribution in [3.05, 3.63) is 0 Å². The summed E-state index contributed by atoms with van der Waals surface area (Å²) in [6.07, 6.45) is 2.20. The van der Waals surface area contributed by atoms with Crippen LogP contribution >= 0.6 is 0 Å². The van der Waals surface area contributed by atoms with E-state index in [0.717, 1.165) is 0 Å². The van der Waals surface area contributed by atoms with Crippen LogP contribution in [0.2, 0.25) is 0 Å². The normalized spacial score (nSPS) is 17.9. The van der Waals surface area contributed by atoms with Crippen molar-refractivity contribution in [3.63, 3.8) is 0 Å². The van der Waals surface area contributed by atoms with Crippen LogP contribution in [0, 0.1) is 5.92 Å². The molecule has 0 radical (unpaired) electrons. The van der Waals surface area contributed by atoms with Crippen molar-refractivity contribution in [2.75, 3.05) is 32.8 Å². The Morgan fingerprint density at radius 3 is 2.70 bits per heavy atom. The number of nitrogens with one attached hydrogen (secondary N) is 1. The Morgan fingerprint density at radius 2 is 2.04 bits per heavy atom. The van der Waals surface area contributed by atoms with E-state index in [1.807, 2.05) is 13.8 Å². The predicted molar refractivity (Wildman–Crippen MR) is 84.7 cm³/mol. The van der Waals surface area contributed by atoms with Gasteiger partial charge in [0.15, 0.2) is 0 Å². The Hall–Kier alpha value is -1.63. The lowest BCUT2D eigenvalue weighted by Gasteiger charge is -2.30. The number of ether oxygens (including phenoxy) is 2. The molecular formula is C16H28N2O5. The maximum atomic E-state index is 12.1. The molecule has 1 unspecified atom stereocenters. The quantitative estimate of drug-likeness (QED) is 0.423. The molecule has 2 amide bonds. The van der Waals surface area contributed by atoms with E-state index in [-0.39, 0.29) is 24.5 Å². The summed E-state index contributed by atoms with van der Waals surface area (Å²) >= 11 is 0. The van der Waals surface area contributed by atoms with Gasteiger partial charge in [0.1, 0.15) is 0 Å². The van der Waals surface area contributed by atoms with Crippen molar-refractivity contribution in [2.45, 2.75) is 46.1 Å². The lowest BCUT2D eigenvalue weighted by Crippen LogP contribution is -2.49. The van der Waals surface area contributed by atoms with Gasteiger partial charge >= 0.3 is 17.8 Å². The first kappa shape index (κ1) is 19.4. The molecule has 0 bridgehead atoms. The topological polar surface area (TPSA) is 84.9 Å². The van der Waals surface area contributed by atoms with Crippen molar-refractivity contribution >= 4 is 17.8 Å². The summed E-state index contributed by atoms with van der Waals surface area (Å²) in [5.41, 5.74) is 0. The summed E-state index contributed by atoms with van der Waals surface area (Å²) in [7, 11) is 0. The van der Waals surface area contributed by atoms with Crippen LogP contribution in [-0.2, 0) is 23.9 Å². The average Bonchev–Trinajstić information content (AvgIpc) is 2.53. The van der Waals surface area contributed by atoms with Gasteiger partial charge in [0.2, 0.25) is 0 Å². The number of likely N-dealkylation sites (tertiary alicyclic amines) is 1. The molecule has 132 valence electrons. The molecule has 1 aliphatic rings. The van der Waals surface area contributed by atoms with Crippen molar-refractivity contribution in [3.8, 4) is 0 Å². The summed E-state index contributed by atoms with van der Waals surface area (Å²) in [5, 5.41) is 2.60. The molecule has 0 aromatic heterocycles. The average molecular weight is 328 g/mol. The van der Waals surface area contributed by atoms with Crippen molar-refractivity contribution in [2.24, 2.45) is 5.92 Å². The molecule has 1 rings (SSSR count). The predicted octanol–water partition coefficient (Wildman–Crippen LogP) is 0.719. The first-order valence-electron chi connectivity index (χ1n) is 8.31. The molecule has 1 aliphatic heterocycles. The SMILES string of the molecule is CCOC(=O)C1CCCN(C(=O)C(=O)NCCCOC(C)C)C1. The molecule has 0 aliphatic carbocycles. The largest absolute Gasteiger partial charge is 0.466 e. The van der Waals surface area contributed by atoms with Gasteiger partial charge in [-0.3, -0.25) is 14.4 Å². The molecule has 7 heteroatoms. The summed E-state index contributed by atoms with van der Waals surface area (Å²) in [4.78, 5) is 37.2. The summed E-state index contributed by atoms with van der Waals surface area (Å²) in [5.74, 6) is -1.83. The first-order valence-corrected chi connectivity index (χ1v) is 8.31. The van der Waals surface area contributed by atoms with Crippen molar-refractivity contribution in [1.29, 1.82) is 0 Å². The van der Waals surface area contributed by atoms with Crippen LogP contribution in [0.15, 0.2) is 0 Å². The Labute approximate surface area is 137 Å². The molecule has 0 aromatic rings. The number of esters is 1. The van der Waals surface area contributed by atoms with Gasteiger partial charge in [-0.05, 0) is 40.0 Å². The van der Waals surface area contributed by atoms with Crippen LogP contribution in [0.4, 0.5) is 0 Å². The second-order valence-electron chi connectivity index (χ2n) is 5.87. The zero-order valence-electron chi connectivity index (χ0n) is 14.3. The fraction of sp³-hybridized carbons (Fsp3) is 0.812. The number of rotatable bonds is 7. The lowest BCUT2D eigenvalue weighted by atomic mass is 9.98. The zero-order valence-corrected chi connectivity index (χ0v) is 14.3. The lowest BCUT2D eigenvalue weighted by molar-refractivity contribution is -0.154. The Balaban J connectivity index is 2.34. The highest BCUT2D eigenvalue weighted by molar-refractivity contribution is 6.35. The Bertz CT molecular complexity index is 411. The number of piperidine rings is 1. The molecule has 1 saturated heterocycles. The standard InChI is InChI=1S/C16H28N2O5/c1-4-22-16(21)13-7-5-9-18(11-13)15(20)14(19)17-8-6-10-23-12(2)3/h12-13H,4-11H2,1-3H3,(H,17,19). The third kappa shape index (κ3) is 6.99. The molecule has 0 saturated carbocycles. The highest BCUT2D eigenvalue weighted by Crippen LogP contribution is 2.18. The van der Waals surface area contributed by atoms with Crippen LogP contribution in [0.25, 0.3) is 0 Å². The number of hydrogen-bond donors (Lipinski definition) is 1. The molecule has 1 fully saturated rings. The van der Waals surface area contributed by atoms with Crippen LogP contribution in [-0.4, -0.2) is 61.6 Å². The van der Waals surface area contributed by atoms with Crippen molar-refractivity contribution < 1.29 is 23.9 Å². The molecule has 1 atom stereocenters. The minimum Gasteiger partial charge on any atom is -0.466 e. The maximum Gasteiger partial charge on any atom is 0.311 e. The van der Waals surface area contributed by atoms with Crippen LogP contribution in [0.1, 0.15) is 40.0 Å². The summed E-state index contributed by atoms with van der Waals surface area (Å²) in [6, 6.07) is 0. The van der Waals surface area contributed by atoms with Gasteiger partial charge < -0.3 is 19.7 Å². The highest BCUT2D eigenvalue weighted by atomic mass is 16.5. The van der Waals surface area contributed by atoms with Crippen molar-refractivity contribution in [1.82, 2.24) is 10.2 Å². The van der Waals surface area contributed by atoms with Gasteiger partial charge in [0.25, 0.3) is 0 Å². The van der Waals surface area contributed by atoms with Crippen LogP contribution in [0.3, 0.4) is 0 Å². The number of amides is 2. The third-order valence-corrected chi connectivity index (χ3v) is 3.58. The smallest absolute Gasteiger partial charge is 0.311 e. The van der Waals surface area contributed by atoms with E-state index in [4.69, 9.17) is 9.47 Å². The summed E-state index contributed by atoms with van der Waals surface area (Å²) in [6.45, 7) is 7.65. The molecule has 0 aromatic carbocycles. The summed E-state index contributed by atoms with van der Waals surface area (Å²) < 4.78 is 10.4. The minimum atomic E-state index is -0.626. The number of carbonyl (C=O) groups is 3.